The summed E-state index contributed by atoms with van der Waals surface area (Å²) in [5, 5.41) is -0.315. The number of aryl methyl sites for hydroxylation is 1. The number of esters is 1. The van der Waals surface area contributed by atoms with E-state index in [0.717, 1.165) is 27.4 Å². The van der Waals surface area contributed by atoms with Gasteiger partial charge in [0.25, 0.3) is 11.1 Å². The van der Waals surface area contributed by atoms with E-state index < -0.39 is 5.97 Å². The number of hydrogen-bond acceptors (Lipinski definition) is 6. The molecular formula is C26H20BrNO5S. The van der Waals surface area contributed by atoms with Gasteiger partial charge in [-0.1, -0.05) is 57.9 Å². The first-order chi connectivity index (χ1) is 16.3. The molecule has 0 aliphatic carbocycles. The summed E-state index contributed by atoms with van der Waals surface area (Å²) in [6.45, 7) is 2.18. The lowest BCUT2D eigenvalue weighted by atomic mass is 10.1. The Labute approximate surface area is 209 Å². The van der Waals surface area contributed by atoms with Crippen molar-refractivity contribution in [1.82, 2.24) is 4.90 Å². The molecule has 0 atom stereocenters. The Morgan fingerprint density at radius 3 is 2.56 bits per heavy atom. The topological polar surface area (TPSA) is 72.9 Å². The fourth-order valence-corrected chi connectivity index (χ4v) is 4.65. The van der Waals surface area contributed by atoms with Gasteiger partial charge in [-0.05, 0) is 66.2 Å². The number of rotatable bonds is 6. The standard InChI is InChI=1S/C26H20BrNO5S/c1-16-5-3-6-18(11-16)15-28-24(29)23(34-26(28)31)13-17-9-10-21(22(12-17)32-2)33-25(30)19-7-4-8-20(27)14-19/h3-14H,15H2,1-2H3/b23-13-. The molecule has 1 fully saturated rings. The molecule has 6 nitrogen and oxygen atoms in total. The second-order valence-corrected chi connectivity index (χ2v) is 9.48. The molecule has 3 aromatic carbocycles. The zero-order chi connectivity index (χ0) is 24.2. The predicted octanol–water partition coefficient (Wildman–Crippen LogP) is 6.22. The Balaban J connectivity index is 1.52. The van der Waals surface area contributed by atoms with E-state index in [-0.39, 0.29) is 23.4 Å². The molecular weight excluding hydrogens is 518 g/mol. The molecule has 1 saturated heterocycles. The van der Waals surface area contributed by atoms with Crippen molar-refractivity contribution in [2.45, 2.75) is 13.5 Å². The van der Waals surface area contributed by atoms with Gasteiger partial charge in [0.05, 0.1) is 24.1 Å². The molecule has 0 bridgehead atoms. The zero-order valence-corrected chi connectivity index (χ0v) is 20.8. The van der Waals surface area contributed by atoms with Crippen LogP contribution in [0.15, 0.2) is 76.1 Å². The van der Waals surface area contributed by atoms with Crippen molar-refractivity contribution < 1.29 is 23.9 Å². The van der Waals surface area contributed by atoms with Crippen LogP contribution in [-0.4, -0.2) is 29.1 Å². The van der Waals surface area contributed by atoms with Crippen LogP contribution in [0, 0.1) is 6.92 Å². The number of ether oxygens (including phenoxy) is 2. The highest BCUT2D eigenvalue weighted by Gasteiger charge is 2.35. The van der Waals surface area contributed by atoms with Gasteiger partial charge in [0.2, 0.25) is 0 Å². The minimum atomic E-state index is -0.524. The van der Waals surface area contributed by atoms with Gasteiger partial charge in [0.15, 0.2) is 11.5 Å². The highest BCUT2D eigenvalue weighted by Crippen LogP contribution is 2.35. The van der Waals surface area contributed by atoms with Crippen LogP contribution in [0.5, 0.6) is 11.5 Å². The smallest absolute Gasteiger partial charge is 0.343 e. The van der Waals surface area contributed by atoms with Gasteiger partial charge in [-0.25, -0.2) is 4.79 Å². The molecule has 0 radical (unpaired) electrons. The normalized spacial score (nSPS) is 14.6. The van der Waals surface area contributed by atoms with E-state index >= 15 is 0 Å². The average Bonchev–Trinajstić information content (AvgIpc) is 3.07. The monoisotopic (exact) mass is 537 g/mol. The fraction of sp³-hybridized carbons (Fsp3) is 0.115. The predicted molar refractivity (Wildman–Crippen MR) is 135 cm³/mol. The van der Waals surface area contributed by atoms with Crippen molar-refractivity contribution in [2.75, 3.05) is 7.11 Å². The maximum atomic E-state index is 12.9. The minimum absolute atomic E-state index is 0.220. The quantitative estimate of drug-likeness (QED) is 0.211. The van der Waals surface area contributed by atoms with E-state index in [4.69, 9.17) is 9.47 Å². The first kappa shape index (κ1) is 23.8. The summed E-state index contributed by atoms with van der Waals surface area (Å²) in [5.74, 6) is -0.293. The van der Waals surface area contributed by atoms with Gasteiger partial charge in [-0.3, -0.25) is 14.5 Å². The Hall–Kier alpha value is -3.36. The first-order valence-electron chi connectivity index (χ1n) is 10.3. The Kier molecular flexibility index (Phi) is 7.19. The number of benzene rings is 3. The van der Waals surface area contributed by atoms with Gasteiger partial charge in [-0.2, -0.15) is 0 Å². The van der Waals surface area contributed by atoms with E-state index in [1.54, 1.807) is 42.5 Å². The van der Waals surface area contributed by atoms with Gasteiger partial charge in [0.1, 0.15) is 0 Å². The van der Waals surface area contributed by atoms with Gasteiger partial charge < -0.3 is 9.47 Å². The van der Waals surface area contributed by atoms with Crippen LogP contribution in [0.1, 0.15) is 27.0 Å². The molecule has 8 heteroatoms. The summed E-state index contributed by atoms with van der Waals surface area (Å²) >= 11 is 4.23. The van der Waals surface area contributed by atoms with Gasteiger partial charge in [0, 0.05) is 4.47 Å². The van der Waals surface area contributed by atoms with Crippen LogP contribution in [-0.2, 0) is 11.3 Å². The van der Waals surface area contributed by atoms with Crippen molar-refractivity contribution in [2.24, 2.45) is 0 Å². The van der Waals surface area contributed by atoms with E-state index in [9.17, 15) is 14.4 Å². The largest absolute Gasteiger partial charge is 0.493 e. The van der Waals surface area contributed by atoms with Crippen molar-refractivity contribution in [3.8, 4) is 11.5 Å². The summed E-state index contributed by atoms with van der Waals surface area (Å²) < 4.78 is 11.6. The Bertz CT molecular complexity index is 1320. The third kappa shape index (κ3) is 5.40. The van der Waals surface area contributed by atoms with Crippen LogP contribution in [0.2, 0.25) is 0 Å². The molecule has 0 saturated carbocycles. The number of methoxy groups -OCH3 is 1. The van der Waals surface area contributed by atoms with Crippen molar-refractivity contribution >= 4 is 50.9 Å². The summed E-state index contributed by atoms with van der Waals surface area (Å²) in [7, 11) is 1.46. The Morgan fingerprint density at radius 2 is 1.82 bits per heavy atom. The number of hydrogen-bond donors (Lipinski definition) is 0. The van der Waals surface area contributed by atoms with Crippen LogP contribution < -0.4 is 9.47 Å². The second kappa shape index (κ2) is 10.3. The number of thioether (sulfide) groups is 1. The summed E-state index contributed by atoms with van der Waals surface area (Å²) in [6, 6.07) is 19.5. The summed E-state index contributed by atoms with van der Waals surface area (Å²) in [5.41, 5.74) is 2.98. The van der Waals surface area contributed by atoms with Crippen LogP contribution in [0.3, 0.4) is 0 Å². The number of imide groups is 1. The highest BCUT2D eigenvalue weighted by molar-refractivity contribution is 9.10. The molecule has 1 aliphatic heterocycles. The molecule has 3 aromatic rings. The van der Waals surface area contributed by atoms with Gasteiger partial charge in [-0.15, -0.1) is 0 Å². The van der Waals surface area contributed by atoms with Gasteiger partial charge >= 0.3 is 5.97 Å². The maximum absolute atomic E-state index is 12.9. The molecule has 0 N–H and O–H groups in total. The lowest BCUT2D eigenvalue weighted by molar-refractivity contribution is -0.123. The average molecular weight is 538 g/mol. The molecule has 0 spiro atoms. The van der Waals surface area contributed by atoms with E-state index in [1.165, 1.54) is 12.0 Å². The van der Waals surface area contributed by atoms with Crippen LogP contribution >= 0.6 is 27.7 Å². The molecule has 172 valence electrons. The summed E-state index contributed by atoms with van der Waals surface area (Å²) in [4.78, 5) is 39.4. The molecule has 34 heavy (non-hydrogen) atoms. The number of carbonyl (C=O) groups excluding carboxylic acids is 3. The molecule has 1 aliphatic rings. The third-order valence-corrected chi connectivity index (χ3v) is 6.45. The molecule has 4 rings (SSSR count). The third-order valence-electron chi connectivity index (χ3n) is 5.05. The fourth-order valence-electron chi connectivity index (χ4n) is 3.41. The first-order valence-corrected chi connectivity index (χ1v) is 11.9. The van der Waals surface area contributed by atoms with Crippen molar-refractivity contribution in [1.29, 1.82) is 0 Å². The van der Waals surface area contributed by atoms with Crippen LogP contribution in [0.25, 0.3) is 6.08 Å². The number of carbonyl (C=O) groups is 3. The molecule has 1 heterocycles. The number of amides is 2. The molecule has 0 unspecified atom stereocenters. The maximum Gasteiger partial charge on any atom is 0.343 e. The minimum Gasteiger partial charge on any atom is -0.493 e. The van der Waals surface area contributed by atoms with Crippen molar-refractivity contribution in [3.63, 3.8) is 0 Å². The van der Waals surface area contributed by atoms with Crippen LogP contribution in [0.4, 0.5) is 4.79 Å². The number of halogens is 1. The lowest BCUT2D eigenvalue weighted by Gasteiger charge is -2.13. The second-order valence-electron chi connectivity index (χ2n) is 7.57. The molecule has 2 amide bonds. The van der Waals surface area contributed by atoms with Crippen molar-refractivity contribution in [3.05, 3.63) is 98.4 Å². The Morgan fingerprint density at radius 1 is 1.03 bits per heavy atom. The molecule has 0 aromatic heterocycles. The van der Waals surface area contributed by atoms with E-state index in [2.05, 4.69) is 15.9 Å². The highest BCUT2D eigenvalue weighted by atomic mass is 79.9. The number of nitrogens with zero attached hydrogens (tertiary/aromatic N) is 1. The SMILES string of the molecule is COc1cc(/C=C2\SC(=O)N(Cc3cccc(C)c3)C2=O)ccc1OC(=O)c1cccc(Br)c1. The van der Waals surface area contributed by atoms with E-state index in [0.29, 0.717) is 21.8 Å². The lowest BCUT2D eigenvalue weighted by Crippen LogP contribution is -2.27. The summed E-state index contributed by atoms with van der Waals surface area (Å²) in [6.07, 6.45) is 1.63. The van der Waals surface area contributed by atoms with E-state index in [1.807, 2.05) is 37.3 Å². The zero-order valence-electron chi connectivity index (χ0n) is 18.4.